The molecule has 3 nitrogen and oxygen atoms in total. The fourth-order valence-electron chi connectivity index (χ4n) is 1.86. The normalized spacial score (nSPS) is 13.1. The Kier molecular flexibility index (Phi) is 5.35. The van der Waals surface area contributed by atoms with Crippen LogP contribution in [0.3, 0.4) is 0 Å². The van der Waals surface area contributed by atoms with E-state index in [1.165, 1.54) is 12.3 Å². The van der Waals surface area contributed by atoms with Gasteiger partial charge in [-0.15, -0.1) is 0 Å². The van der Waals surface area contributed by atoms with E-state index in [1.54, 1.807) is 6.07 Å². The van der Waals surface area contributed by atoms with Crippen molar-refractivity contribution in [1.29, 1.82) is 0 Å². The van der Waals surface area contributed by atoms with Gasteiger partial charge in [-0.3, -0.25) is 0 Å². The molecule has 1 unspecified atom stereocenters. The van der Waals surface area contributed by atoms with Crippen LogP contribution in [0.15, 0.2) is 18.3 Å². The second-order valence-electron chi connectivity index (χ2n) is 5.09. The lowest BCUT2D eigenvalue weighted by atomic mass is 10.0. The molecule has 1 heterocycles. The highest BCUT2D eigenvalue weighted by atomic mass is 19.1. The Morgan fingerprint density at radius 3 is 2.53 bits per heavy atom. The number of hydrogen-bond acceptors (Lipinski definition) is 3. The van der Waals surface area contributed by atoms with Gasteiger partial charge in [-0.05, 0) is 38.6 Å². The lowest BCUT2D eigenvalue weighted by Crippen LogP contribution is -2.33. The lowest BCUT2D eigenvalue weighted by molar-refractivity contribution is 0.356. The first-order chi connectivity index (χ1) is 7.97. The van der Waals surface area contributed by atoms with Gasteiger partial charge in [0.25, 0.3) is 0 Å². The highest BCUT2D eigenvalue weighted by Gasteiger charge is 2.12. The predicted molar refractivity (Wildman–Crippen MR) is 69.6 cm³/mol. The minimum Gasteiger partial charge on any atom is -0.366 e. The SMILES string of the molecule is CC(C)CC(CN(C)C)Nc1ccc(F)cn1. The van der Waals surface area contributed by atoms with E-state index >= 15 is 0 Å². The van der Waals surface area contributed by atoms with Crippen LogP contribution in [0.25, 0.3) is 0 Å². The average Bonchev–Trinajstić information content (AvgIpc) is 2.19. The molecular weight excluding hydrogens is 217 g/mol. The van der Waals surface area contributed by atoms with E-state index in [-0.39, 0.29) is 5.82 Å². The lowest BCUT2D eigenvalue weighted by Gasteiger charge is -2.24. The molecule has 0 bridgehead atoms. The Morgan fingerprint density at radius 1 is 1.35 bits per heavy atom. The number of likely N-dealkylation sites (N-methyl/N-ethyl adjacent to an activating group) is 1. The molecule has 1 atom stereocenters. The van der Waals surface area contributed by atoms with Gasteiger partial charge < -0.3 is 10.2 Å². The van der Waals surface area contributed by atoms with Gasteiger partial charge in [-0.2, -0.15) is 0 Å². The van der Waals surface area contributed by atoms with Gasteiger partial charge in [0, 0.05) is 12.6 Å². The zero-order valence-electron chi connectivity index (χ0n) is 11.1. The fourth-order valence-corrected chi connectivity index (χ4v) is 1.86. The molecule has 0 radical (unpaired) electrons. The molecule has 4 heteroatoms. The van der Waals surface area contributed by atoms with Gasteiger partial charge in [0.15, 0.2) is 0 Å². The summed E-state index contributed by atoms with van der Waals surface area (Å²) in [5.74, 6) is 1.05. The smallest absolute Gasteiger partial charge is 0.141 e. The van der Waals surface area contributed by atoms with E-state index in [9.17, 15) is 4.39 Å². The first-order valence-electron chi connectivity index (χ1n) is 6.00. The van der Waals surface area contributed by atoms with E-state index in [2.05, 4.69) is 29.0 Å². The summed E-state index contributed by atoms with van der Waals surface area (Å²) in [6.45, 7) is 5.34. The van der Waals surface area contributed by atoms with Gasteiger partial charge in [-0.1, -0.05) is 13.8 Å². The largest absolute Gasteiger partial charge is 0.366 e. The number of halogens is 1. The summed E-state index contributed by atoms with van der Waals surface area (Å²) in [4.78, 5) is 6.17. The first kappa shape index (κ1) is 13.9. The Bertz CT molecular complexity index is 312. The highest BCUT2D eigenvalue weighted by molar-refractivity contribution is 5.34. The minimum absolute atomic E-state index is 0.302. The van der Waals surface area contributed by atoms with Gasteiger partial charge in [0.2, 0.25) is 0 Å². The van der Waals surface area contributed by atoms with Crippen molar-refractivity contribution in [3.05, 3.63) is 24.1 Å². The second kappa shape index (κ2) is 6.55. The number of pyridine rings is 1. The number of aromatic nitrogens is 1. The van der Waals surface area contributed by atoms with Crippen molar-refractivity contribution in [2.75, 3.05) is 26.0 Å². The third-order valence-electron chi connectivity index (χ3n) is 2.42. The molecule has 96 valence electrons. The molecule has 0 spiro atoms. The minimum atomic E-state index is -0.302. The maximum absolute atomic E-state index is 12.7. The molecule has 0 fully saturated rings. The van der Waals surface area contributed by atoms with Crippen LogP contribution in [0.5, 0.6) is 0 Å². The van der Waals surface area contributed by atoms with E-state index in [0.717, 1.165) is 18.8 Å². The van der Waals surface area contributed by atoms with Crippen LogP contribution in [0.4, 0.5) is 10.2 Å². The number of rotatable bonds is 6. The zero-order valence-corrected chi connectivity index (χ0v) is 11.1. The van der Waals surface area contributed by atoms with Gasteiger partial charge in [0.1, 0.15) is 11.6 Å². The molecule has 0 aliphatic rings. The standard InChI is InChI=1S/C13H22FN3/c1-10(2)7-12(9-17(3)4)16-13-6-5-11(14)8-15-13/h5-6,8,10,12H,7,9H2,1-4H3,(H,15,16). The van der Waals surface area contributed by atoms with Crippen molar-refractivity contribution in [1.82, 2.24) is 9.88 Å². The van der Waals surface area contributed by atoms with Crippen molar-refractivity contribution in [2.45, 2.75) is 26.3 Å². The van der Waals surface area contributed by atoms with Crippen LogP contribution in [0, 0.1) is 11.7 Å². The molecule has 1 N–H and O–H groups in total. The predicted octanol–water partition coefficient (Wildman–Crippen LogP) is 2.61. The molecule has 0 saturated carbocycles. The number of hydrogen-bond donors (Lipinski definition) is 1. The molecule has 1 rings (SSSR count). The Hall–Kier alpha value is -1.16. The highest BCUT2D eigenvalue weighted by Crippen LogP contribution is 2.12. The van der Waals surface area contributed by atoms with Gasteiger partial charge in [-0.25, -0.2) is 9.37 Å². The Morgan fingerprint density at radius 2 is 2.06 bits per heavy atom. The van der Waals surface area contributed by atoms with Crippen molar-refractivity contribution >= 4 is 5.82 Å². The third-order valence-corrected chi connectivity index (χ3v) is 2.42. The fraction of sp³-hybridized carbons (Fsp3) is 0.615. The van der Waals surface area contributed by atoms with Crippen molar-refractivity contribution in [3.8, 4) is 0 Å². The molecular formula is C13H22FN3. The molecule has 0 amide bonds. The monoisotopic (exact) mass is 239 g/mol. The molecule has 1 aromatic rings. The third kappa shape index (κ3) is 5.63. The average molecular weight is 239 g/mol. The van der Waals surface area contributed by atoms with Crippen LogP contribution in [-0.4, -0.2) is 36.6 Å². The number of nitrogens with one attached hydrogen (secondary N) is 1. The van der Waals surface area contributed by atoms with Crippen LogP contribution < -0.4 is 5.32 Å². The molecule has 0 saturated heterocycles. The number of nitrogens with zero attached hydrogens (tertiary/aromatic N) is 2. The molecule has 0 aliphatic heterocycles. The zero-order chi connectivity index (χ0) is 12.8. The molecule has 17 heavy (non-hydrogen) atoms. The van der Waals surface area contributed by atoms with Gasteiger partial charge in [0.05, 0.1) is 6.20 Å². The quantitative estimate of drug-likeness (QED) is 0.827. The Labute approximate surface area is 103 Å². The summed E-state index contributed by atoms with van der Waals surface area (Å²) in [7, 11) is 4.10. The van der Waals surface area contributed by atoms with Crippen LogP contribution in [0.1, 0.15) is 20.3 Å². The van der Waals surface area contributed by atoms with E-state index < -0.39 is 0 Å². The summed E-state index contributed by atoms with van der Waals surface area (Å²) >= 11 is 0. The van der Waals surface area contributed by atoms with Crippen LogP contribution in [-0.2, 0) is 0 Å². The topological polar surface area (TPSA) is 28.2 Å². The van der Waals surface area contributed by atoms with Crippen molar-refractivity contribution in [3.63, 3.8) is 0 Å². The van der Waals surface area contributed by atoms with Crippen LogP contribution >= 0.6 is 0 Å². The van der Waals surface area contributed by atoms with E-state index in [4.69, 9.17) is 0 Å². The number of anilines is 1. The molecule has 0 aromatic carbocycles. The maximum atomic E-state index is 12.7. The molecule has 1 aromatic heterocycles. The molecule has 0 aliphatic carbocycles. The van der Waals surface area contributed by atoms with Crippen molar-refractivity contribution < 1.29 is 4.39 Å². The maximum Gasteiger partial charge on any atom is 0.141 e. The summed E-state index contributed by atoms with van der Waals surface area (Å²) in [5.41, 5.74) is 0. The second-order valence-corrected chi connectivity index (χ2v) is 5.09. The van der Waals surface area contributed by atoms with Gasteiger partial charge >= 0.3 is 0 Å². The summed E-state index contributed by atoms with van der Waals surface area (Å²) in [6.07, 6.45) is 2.31. The van der Waals surface area contributed by atoms with Crippen molar-refractivity contribution in [2.24, 2.45) is 5.92 Å². The summed E-state index contributed by atoms with van der Waals surface area (Å²) in [5, 5.41) is 3.35. The first-order valence-corrected chi connectivity index (χ1v) is 6.00. The van der Waals surface area contributed by atoms with E-state index in [1.807, 2.05) is 14.1 Å². The summed E-state index contributed by atoms with van der Waals surface area (Å²) < 4.78 is 12.7. The Balaban J connectivity index is 2.61. The summed E-state index contributed by atoms with van der Waals surface area (Å²) in [6, 6.07) is 3.44. The van der Waals surface area contributed by atoms with E-state index in [0.29, 0.717) is 12.0 Å². The van der Waals surface area contributed by atoms with Crippen LogP contribution in [0.2, 0.25) is 0 Å².